The molecule has 1 atom stereocenters. The fourth-order valence-electron chi connectivity index (χ4n) is 1.99. The van der Waals surface area contributed by atoms with Crippen molar-refractivity contribution < 1.29 is 9.13 Å². The van der Waals surface area contributed by atoms with Crippen LogP contribution in [-0.4, -0.2) is 23.4 Å². The van der Waals surface area contributed by atoms with Gasteiger partial charge in [0.05, 0.1) is 12.8 Å². The van der Waals surface area contributed by atoms with E-state index in [2.05, 4.69) is 10.4 Å². The molecule has 5 heteroatoms. The van der Waals surface area contributed by atoms with E-state index < -0.39 is 0 Å². The summed E-state index contributed by atoms with van der Waals surface area (Å²) >= 11 is 0. The van der Waals surface area contributed by atoms with Crippen molar-refractivity contribution in [2.75, 3.05) is 13.7 Å². The number of hydrogen-bond acceptors (Lipinski definition) is 3. The van der Waals surface area contributed by atoms with Crippen molar-refractivity contribution in [3.8, 4) is 5.75 Å². The number of benzene rings is 1. The predicted octanol–water partition coefficient (Wildman–Crippen LogP) is 2.46. The Morgan fingerprint density at radius 2 is 2.25 bits per heavy atom. The van der Waals surface area contributed by atoms with Crippen LogP contribution in [0, 0.1) is 5.82 Å². The number of aromatic nitrogens is 2. The lowest BCUT2D eigenvalue weighted by molar-refractivity contribution is 0.319. The summed E-state index contributed by atoms with van der Waals surface area (Å²) in [5.41, 5.74) is 1.75. The lowest BCUT2D eigenvalue weighted by Crippen LogP contribution is -2.14. The molecule has 0 aliphatic carbocycles. The van der Waals surface area contributed by atoms with Crippen LogP contribution < -0.4 is 10.1 Å². The predicted molar refractivity (Wildman–Crippen MR) is 76.3 cm³/mol. The normalized spacial score (nSPS) is 12.4. The zero-order valence-corrected chi connectivity index (χ0v) is 12.1. The summed E-state index contributed by atoms with van der Waals surface area (Å²) < 4.78 is 21.2. The van der Waals surface area contributed by atoms with E-state index in [1.165, 1.54) is 6.07 Å². The second-order valence-electron chi connectivity index (χ2n) is 4.81. The average Bonchev–Trinajstić information content (AvgIpc) is 2.84. The summed E-state index contributed by atoms with van der Waals surface area (Å²) in [5, 5.41) is 7.11. The Balaban J connectivity index is 1.92. The Morgan fingerprint density at radius 3 is 2.85 bits per heavy atom. The highest BCUT2D eigenvalue weighted by molar-refractivity contribution is 5.30. The first-order valence-electron chi connectivity index (χ1n) is 6.67. The first kappa shape index (κ1) is 14.5. The monoisotopic (exact) mass is 277 g/mol. The van der Waals surface area contributed by atoms with Crippen molar-refractivity contribution in [3.63, 3.8) is 0 Å². The van der Waals surface area contributed by atoms with Crippen LogP contribution in [-0.2, 0) is 13.5 Å². The van der Waals surface area contributed by atoms with Gasteiger partial charge < -0.3 is 10.1 Å². The molecule has 108 valence electrons. The number of nitrogens with one attached hydrogen (secondary N) is 1. The van der Waals surface area contributed by atoms with E-state index in [0.717, 1.165) is 12.0 Å². The van der Waals surface area contributed by atoms with Crippen LogP contribution in [0.25, 0.3) is 0 Å². The zero-order valence-electron chi connectivity index (χ0n) is 12.1. The highest BCUT2D eigenvalue weighted by Crippen LogP contribution is 2.21. The average molecular weight is 277 g/mol. The molecule has 20 heavy (non-hydrogen) atoms. The van der Waals surface area contributed by atoms with Crippen molar-refractivity contribution in [1.29, 1.82) is 0 Å². The summed E-state index contributed by atoms with van der Waals surface area (Å²) in [6.07, 6.45) is 4.51. The Labute approximate surface area is 118 Å². The molecule has 0 saturated heterocycles. The number of hydrogen-bond donors (Lipinski definition) is 1. The molecule has 2 aromatic rings. The fourth-order valence-corrected chi connectivity index (χ4v) is 1.99. The van der Waals surface area contributed by atoms with Crippen molar-refractivity contribution in [3.05, 3.63) is 47.5 Å². The van der Waals surface area contributed by atoms with Crippen LogP contribution in [0.2, 0.25) is 0 Å². The third-order valence-corrected chi connectivity index (χ3v) is 3.29. The maximum absolute atomic E-state index is 13.9. The van der Waals surface area contributed by atoms with Gasteiger partial charge in [0, 0.05) is 37.3 Å². The second kappa shape index (κ2) is 6.52. The molecule has 1 aromatic heterocycles. The fraction of sp³-hybridized carbons (Fsp3) is 0.400. The summed E-state index contributed by atoms with van der Waals surface area (Å²) in [6.45, 7) is 2.42. The molecule has 1 aromatic carbocycles. The van der Waals surface area contributed by atoms with E-state index >= 15 is 0 Å². The molecule has 1 heterocycles. The number of halogens is 1. The quantitative estimate of drug-likeness (QED) is 0.881. The van der Waals surface area contributed by atoms with Crippen LogP contribution in [0.4, 0.5) is 4.39 Å². The Morgan fingerprint density at radius 1 is 1.45 bits per heavy atom. The van der Waals surface area contributed by atoms with E-state index in [-0.39, 0.29) is 11.9 Å². The van der Waals surface area contributed by atoms with Gasteiger partial charge in [-0.25, -0.2) is 4.39 Å². The number of ether oxygens (including phenoxy) is 1. The molecule has 0 fully saturated rings. The standard InChI is InChI=1S/C15H20FN3O/c1-11(17-2)14-5-4-13(8-15(14)16)20-7-6-12-9-18-19(3)10-12/h4-5,8-11,17H,6-7H2,1-3H3. The van der Waals surface area contributed by atoms with Crippen LogP contribution >= 0.6 is 0 Å². The largest absolute Gasteiger partial charge is 0.493 e. The van der Waals surface area contributed by atoms with E-state index in [0.29, 0.717) is 17.9 Å². The Kier molecular flexibility index (Phi) is 4.74. The number of nitrogens with zero attached hydrogens (tertiary/aromatic N) is 2. The van der Waals surface area contributed by atoms with Gasteiger partial charge in [-0.15, -0.1) is 0 Å². The van der Waals surface area contributed by atoms with Gasteiger partial charge in [-0.3, -0.25) is 4.68 Å². The minimum Gasteiger partial charge on any atom is -0.493 e. The number of rotatable bonds is 6. The van der Waals surface area contributed by atoms with E-state index in [9.17, 15) is 4.39 Å². The van der Waals surface area contributed by atoms with Crippen molar-refractivity contribution >= 4 is 0 Å². The molecule has 0 amide bonds. The first-order chi connectivity index (χ1) is 9.60. The van der Waals surface area contributed by atoms with Gasteiger partial charge in [-0.05, 0) is 25.6 Å². The van der Waals surface area contributed by atoms with E-state index in [1.54, 1.807) is 16.8 Å². The van der Waals surface area contributed by atoms with Gasteiger partial charge >= 0.3 is 0 Å². The first-order valence-corrected chi connectivity index (χ1v) is 6.67. The Hall–Kier alpha value is -1.88. The van der Waals surface area contributed by atoms with Crippen LogP contribution in [0.5, 0.6) is 5.75 Å². The SMILES string of the molecule is CNC(C)c1ccc(OCCc2cnn(C)c2)cc1F. The highest BCUT2D eigenvalue weighted by atomic mass is 19.1. The van der Waals surface area contributed by atoms with Crippen molar-refractivity contribution in [1.82, 2.24) is 15.1 Å². The van der Waals surface area contributed by atoms with E-state index in [4.69, 9.17) is 4.74 Å². The van der Waals surface area contributed by atoms with Gasteiger partial charge in [0.2, 0.25) is 0 Å². The molecule has 0 saturated carbocycles. The molecule has 0 aliphatic heterocycles. The molecule has 1 N–H and O–H groups in total. The topological polar surface area (TPSA) is 39.1 Å². The van der Waals surface area contributed by atoms with Crippen LogP contribution in [0.3, 0.4) is 0 Å². The van der Waals surface area contributed by atoms with Gasteiger partial charge in [0.15, 0.2) is 0 Å². The molecule has 0 bridgehead atoms. The molecule has 0 aliphatic rings. The number of aryl methyl sites for hydroxylation is 1. The minimum absolute atomic E-state index is 0.0144. The smallest absolute Gasteiger partial charge is 0.131 e. The zero-order chi connectivity index (χ0) is 14.5. The molecular weight excluding hydrogens is 257 g/mol. The van der Waals surface area contributed by atoms with Crippen molar-refractivity contribution in [2.45, 2.75) is 19.4 Å². The molecule has 1 unspecified atom stereocenters. The van der Waals surface area contributed by atoms with E-state index in [1.807, 2.05) is 33.4 Å². The summed E-state index contributed by atoms with van der Waals surface area (Å²) in [4.78, 5) is 0. The summed E-state index contributed by atoms with van der Waals surface area (Å²) in [7, 11) is 3.68. The van der Waals surface area contributed by atoms with Crippen molar-refractivity contribution in [2.24, 2.45) is 7.05 Å². The maximum atomic E-state index is 13.9. The summed E-state index contributed by atoms with van der Waals surface area (Å²) in [6, 6.07) is 4.98. The lowest BCUT2D eigenvalue weighted by atomic mass is 10.1. The molecule has 2 rings (SSSR count). The third-order valence-electron chi connectivity index (χ3n) is 3.29. The molecule has 0 spiro atoms. The third kappa shape index (κ3) is 3.57. The minimum atomic E-state index is -0.245. The van der Waals surface area contributed by atoms with Gasteiger partial charge in [-0.2, -0.15) is 5.10 Å². The second-order valence-corrected chi connectivity index (χ2v) is 4.81. The molecule has 4 nitrogen and oxygen atoms in total. The van der Waals surface area contributed by atoms with Gasteiger partial charge in [-0.1, -0.05) is 6.07 Å². The Bertz CT molecular complexity index is 568. The highest BCUT2D eigenvalue weighted by Gasteiger charge is 2.10. The van der Waals surface area contributed by atoms with Gasteiger partial charge in [0.1, 0.15) is 11.6 Å². The van der Waals surface area contributed by atoms with Crippen LogP contribution in [0.1, 0.15) is 24.1 Å². The summed E-state index contributed by atoms with van der Waals surface area (Å²) in [5.74, 6) is 0.309. The molecule has 0 radical (unpaired) electrons. The maximum Gasteiger partial charge on any atom is 0.131 e. The lowest BCUT2D eigenvalue weighted by Gasteiger charge is -2.13. The molecular formula is C15H20FN3O. The van der Waals surface area contributed by atoms with Gasteiger partial charge in [0.25, 0.3) is 0 Å². The van der Waals surface area contributed by atoms with Crippen LogP contribution in [0.15, 0.2) is 30.6 Å².